The Hall–Kier alpha value is -1.83. The van der Waals surface area contributed by atoms with Crippen molar-refractivity contribution in [2.75, 3.05) is 5.73 Å². The van der Waals surface area contributed by atoms with Crippen LogP contribution in [-0.2, 0) is 13.0 Å². The van der Waals surface area contributed by atoms with Gasteiger partial charge in [0, 0.05) is 12.5 Å². The van der Waals surface area contributed by atoms with E-state index < -0.39 is 0 Å². The second-order valence-corrected chi connectivity index (χ2v) is 3.55. The lowest BCUT2D eigenvalue weighted by Gasteiger charge is -2.02. The van der Waals surface area contributed by atoms with E-state index in [-0.39, 0.29) is 0 Å². The molecule has 0 aliphatic carbocycles. The van der Waals surface area contributed by atoms with E-state index in [0.717, 1.165) is 18.8 Å². The molecule has 0 amide bonds. The number of hydrogen-bond acceptors (Lipinski definition) is 1. The minimum atomic E-state index is 0.813. The Bertz CT molecular complexity index is 424. The summed E-state index contributed by atoms with van der Waals surface area (Å²) < 4.78 is 2.06. The summed E-state index contributed by atoms with van der Waals surface area (Å²) in [6.45, 7) is 0.927. The SMILES string of the molecule is Nc1cccc[n+]1CCc1ccccc1. The zero-order valence-electron chi connectivity index (χ0n) is 8.63. The average molecular weight is 199 g/mol. The monoisotopic (exact) mass is 199 g/mol. The van der Waals surface area contributed by atoms with Gasteiger partial charge in [0.25, 0.3) is 5.82 Å². The summed E-state index contributed by atoms with van der Waals surface area (Å²) >= 11 is 0. The lowest BCUT2D eigenvalue weighted by molar-refractivity contribution is -0.682. The molecule has 0 bridgehead atoms. The van der Waals surface area contributed by atoms with Crippen molar-refractivity contribution in [1.29, 1.82) is 0 Å². The van der Waals surface area contributed by atoms with Crippen LogP contribution in [0, 0.1) is 0 Å². The van der Waals surface area contributed by atoms with Crippen LogP contribution in [0.3, 0.4) is 0 Å². The molecule has 76 valence electrons. The number of hydrogen-bond donors (Lipinski definition) is 1. The number of pyridine rings is 1. The number of anilines is 1. The zero-order valence-corrected chi connectivity index (χ0v) is 8.63. The largest absolute Gasteiger partial charge is 0.287 e. The van der Waals surface area contributed by atoms with Crippen molar-refractivity contribution in [3.8, 4) is 0 Å². The first kappa shape index (κ1) is 9.71. The summed E-state index contributed by atoms with van der Waals surface area (Å²) in [6.07, 6.45) is 3.03. The topological polar surface area (TPSA) is 29.9 Å². The van der Waals surface area contributed by atoms with Crippen LogP contribution >= 0.6 is 0 Å². The van der Waals surface area contributed by atoms with Crippen molar-refractivity contribution in [2.45, 2.75) is 13.0 Å². The van der Waals surface area contributed by atoms with Crippen LogP contribution in [0.2, 0.25) is 0 Å². The van der Waals surface area contributed by atoms with Crippen molar-refractivity contribution in [3.63, 3.8) is 0 Å². The number of nitrogens with two attached hydrogens (primary N) is 1. The maximum absolute atomic E-state index is 5.85. The van der Waals surface area contributed by atoms with E-state index >= 15 is 0 Å². The number of benzene rings is 1. The van der Waals surface area contributed by atoms with Gasteiger partial charge in [-0.2, -0.15) is 0 Å². The van der Waals surface area contributed by atoms with E-state index in [0.29, 0.717) is 0 Å². The Morgan fingerprint density at radius 3 is 2.40 bits per heavy atom. The van der Waals surface area contributed by atoms with Crippen molar-refractivity contribution in [2.24, 2.45) is 0 Å². The molecule has 0 fully saturated rings. The lowest BCUT2D eigenvalue weighted by Crippen LogP contribution is -2.37. The van der Waals surface area contributed by atoms with Crippen LogP contribution in [0.25, 0.3) is 0 Å². The predicted octanol–water partition coefficient (Wildman–Crippen LogP) is 1.80. The van der Waals surface area contributed by atoms with E-state index in [1.165, 1.54) is 5.56 Å². The molecule has 0 atom stereocenters. The van der Waals surface area contributed by atoms with Gasteiger partial charge >= 0.3 is 0 Å². The van der Waals surface area contributed by atoms with Crippen molar-refractivity contribution >= 4 is 5.82 Å². The normalized spacial score (nSPS) is 10.1. The number of aryl methyl sites for hydroxylation is 2. The molecule has 2 N–H and O–H groups in total. The van der Waals surface area contributed by atoms with Gasteiger partial charge in [0.05, 0.1) is 12.7 Å². The van der Waals surface area contributed by atoms with Gasteiger partial charge in [0.15, 0.2) is 0 Å². The Morgan fingerprint density at radius 1 is 0.933 bits per heavy atom. The van der Waals surface area contributed by atoms with Crippen molar-refractivity contribution < 1.29 is 4.57 Å². The maximum Gasteiger partial charge on any atom is 0.272 e. The molecule has 0 spiro atoms. The van der Waals surface area contributed by atoms with E-state index in [9.17, 15) is 0 Å². The Balaban J connectivity index is 2.03. The minimum absolute atomic E-state index is 0.813. The first-order valence-electron chi connectivity index (χ1n) is 5.14. The molecule has 2 aromatic rings. The summed E-state index contributed by atoms with van der Waals surface area (Å²) in [5.74, 6) is 0.813. The Labute approximate surface area is 90.0 Å². The molecule has 0 aliphatic rings. The molecule has 15 heavy (non-hydrogen) atoms. The highest BCUT2D eigenvalue weighted by molar-refractivity contribution is 5.19. The molecule has 0 saturated carbocycles. The quantitative estimate of drug-likeness (QED) is 0.750. The van der Waals surface area contributed by atoms with Gasteiger partial charge in [-0.3, -0.25) is 5.73 Å². The summed E-state index contributed by atoms with van der Waals surface area (Å²) in [5, 5.41) is 0. The molecule has 1 aromatic heterocycles. The number of rotatable bonds is 3. The molecular formula is C13H15N2+. The molecule has 2 rings (SSSR count). The van der Waals surface area contributed by atoms with Crippen LogP contribution in [0.4, 0.5) is 5.82 Å². The fourth-order valence-electron chi connectivity index (χ4n) is 1.59. The van der Waals surface area contributed by atoms with Crippen LogP contribution in [0.1, 0.15) is 5.56 Å². The third-order valence-electron chi connectivity index (χ3n) is 2.46. The van der Waals surface area contributed by atoms with Gasteiger partial charge < -0.3 is 0 Å². The third-order valence-corrected chi connectivity index (χ3v) is 2.46. The first-order valence-corrected chi connectivity index (χ1v) is 5.14. The summed E-state index contributed by atoms with van der Waals surface area (Å²) in [5.41, 5.74) is 7.19. The summed E-state index contributed by atoms with van der Waals surface area (Å²) in [6, 6.07) is 16.3. The molecule has 0 unspecified atom stereocenters. The molecule has 2 nitrogen and oxygen atoms in total. The number of nitrogen functional groups attached to an aromatic ring is 1. The van der Waals surface area contributed by atoms with Crippen LogP contribution in [0.15, 0.2) is 54.7 Å². The van der Waals surface area contributed by atoms with Crippen LogP contribution < -0.4 is 10.3 Å². The van der Waals surface area contributed by atoms with E-state index in [4.69, 9.17) is 5.73 Å². The van der Waals surface area contributed by atoms with Crippen LogP contribution in [0.5, 0.6) is 0 Å². The standard InChI is InChI=1S/C13H14N2/c14-13-8-4-5-10-15(13)11-9-12-6-2-1-3-7-12/h1-8,10,14H,9,11H2/p+1. The summed E-state index contributed by atoms with van der Waals surface area (Å²) in [7, 11) is 0. The Morgan fingerprint density at radius 2 is 1.67 bits per heavy atom. The second-order valence-electron chi connectivity index (χ2n) is 3.55. The maximum atomic E-state index is 5.85. The molecule has 0 radical (unpaired) electrons. The van der Waals surface area contributed by atoms with E-state index in [1.807, 2.05) is 30.5 Å². The minimum Gasteiger partial charge on any atom is -0.287 e. The predicted molar refractivity (Wildman–Crippen MR) is 61.2 cm³/mol. The highest BCUT2D eigenvalue weighted by Gasteiger charge is 2.01. The van der Waals surface area contributed by atoms with Gasteiger partial charge in [-0.25, -0.2) is 4.57 Å². The molecule has 0 aliphatic heterocycles. The number of nitrogens with zero attached hydrogens (tertiary/aromatic N) is 1. The Kier molecular flexibility index (Phi) is 2.98. The molecule has 1 aromatic carbocycles. The van der Waals surface area contributed by atoms with Crippen molar-refractivity contribution in [3.05, 3.63) is 60.3 Å². The average Bonchev–Trinajstić information content (AvgIpc) is 2.29. The molecule has 2 heteroatoms. The van der Waals surface area contributed by atoms with Gasteiger partial charge in [-0.05, 0) is 11.6 Å². The van der Waals surface area contributed by atoms with Gasteiger partial charge in [0.2, 0.25) is 0 Å². The van der Waals surface area contributed by atoms with Crippen LogP contribution in [-0.4, -0.2) is 0 Å². The number of aromatic nitrogens is 1. The fraction of sp³-hybridized carbons (Fsp3) is 0.154. The van der Waals surface area contributed by atoms with Gasteiger partial charge in [-0.1, -0.05) is 36.4 Å². The molecular weight excluding hydrogens is 184 g/mol. The second kappa shape index (κ2) is 4.60. The van der Waals surface area contributed by atoms with Gasteiger partial charge in [-0.15, -0.1) is 0 Å². The van der Waals surface area contributed by atoms with E-state index in [1.54, 1.807) is 0 Å². The third kappa shape index (κ3) is 2.56. The zero-order chi connectivity index (χ0) is 10.5. The molecule has 0 saturated heterocycles. The fourth-order valence-corrected chi connectivity index (χ4v) is 1.59. The first-order chi connectivity index (χ1) is 7.36. The highest BCUT2D eigenvalue weighted by Crippen LogP contribution is 2.00. The molecule has 1 heterocycles. The smallest absolute Gasteiger partial charge is 0.272 e. The van der Waals surface area contributed by atoms with Crippen molar-refractivity contribution in [1.82, 2.24) is 0 Å². The highest BCUT2D eigenvalue weighted by atomic mass is 15.0. The van der Waals surface area contributed by atoms with E-state index in [2.05, 4.69) is 28.8 Å². The lowest BCUT2D eigenvalue weighted by atomic mass is 10.1. The van der Waals surface area contributed by atoms with Gasteiger partial charge in [0.1, 0.15) is 0 Å². The summed E-state index contributed by atoms with van der Waals surface area (Å²) in [4.78, 5) is 0.